The fourth-order valence-electron chi connectivity index (χ4n) is 4.35. The Morgan fingerprint density at radius 3 is 2.62 bits per heavy atom. The maximum absolute atomic E-state index is 9.33. The molecule has 0 amide bonds. The highest BCUT2D eigenvalue weighted by Crippen LogP contribution is 2.39. The Kier molecular flexibility index (Phi) is 9.54. The Hall–Kier alpha value is -2.24. The summed E-state index contributed by atoms with van der Waals surface area (Å²) in [5, 5.41) is 15.5. The molecule has 1 aliphatic rings. The van der Waals surface area contributed by atoms with E-state index in [1.165, 1.54) is 0 Å². The maximum Gasteiger partial charge on any atom is 0.250 e. The van der Waals surface area contributed by atoms with Crippen molar-refractivity contribution in [3.63, 3.8) is 0 Å². The fourth-order valence-corrected chi connectivity index (χ4v) is 5.37. The van der Waals surface area contributed by atoms with Crippen molar-refractivity contribution in [2.75, 3.05) is 26.4 Å². The summed E-state index contributed by atoms with van der Waals surface area (Å²) in [5.41, 5.74) is 2.65. The highest BCUT2D eigenvalue weighted by Gasteiger charge is 2.39. The highest BCUT2D eigenvalue weighted by molar-refractivity contribution is 6.74. The number of aryl methyl sites for hydroxylation is 1. The van der Waals surface area contributed by atoms with E-state index >= 15 is 0 Å². The topological polar surface area (TPSA) is 92.8 Å². The molecule has 2 unspecified atom stereocenters. The predicted molar refractivity (Wildman–Crippen MR) is 155 cm³/mol. The van der Waals surface area contributed by atoms with Crippen molar-refractivity contribution in [3.8, 4) is 17.1 Å². The third kappa shape index (κ3) is 7.29. The average Bonchev–Trinajstić information content (AvgIpc) is 3.43. The van der Waals surface area contributed by atoms with E-state index in [1.54, 1.807) is 6.92 Å². The van der Waals surface area contributed by atoms with Crippen LogP contribution in [0.4, 0.5) is 0 Å². The molecule has 1 aromatic carbocycles. The van der Waals surface area contributed by atoms with Crippen LogP contribution < -0.4 is 4.43 Å². The third-order valence-corrected chi connectivity index (χ3v) is 12.1. The number of aliphatic hydroxyl groups excluding tert-OH is 1. The molecule has 39 heavy (non-hydrogen) atoms. The number of hydrogen-bond donors (Lipinski definition) is 1. The second kappa shape index (κ2) is 12.5. The lowest BCUT2D eigenvalue weighted by atomic mass is 10.1. The first-order chi connectivity index (χ1) is 18.5. The minimum Gasteiger partial charge on any atom is -0.543 e. The van der Waals surface area contributed by atoms with E-state index in [0.717, 1.165) is 59.7 Å². The summed E-state index contributed by atoms with van der Waals surface area (Å²) >= 11 is 0. The number of aliphatic hydroxyl groups is 1. The molecule has 1 fully saturated rings. The second-order valence-electron chi connectivity index (χ2n) is 12.1. The van der Waals surface area contributed by atoms with E-state index in [0.29, 0.717) is 32.8 Å². The van der Waals surface area contributed by atoms with Crippen molar-refractivity contribution >= 4 is 19.2 Å². The van der Waals surface area contributed by atoms with Gasteiger partial charge in [0.2, 0.25) is 8.32 Å². The number of hydrogen-bond acceptors (Lipinski definition) is 7. The number of imidazole rings is 1. The van der Waals surface area contributed by atoms with Crippen molar-refractivity contribution in [1.82, 2.24) is 19.3 Å². The molecule has 0 aliphatic carbocycles. The van der Waals surface area contributed by atoms with Gasteiger partial charge in [0.15, 0.2) is 6.23 Å². The Balaban J connectivity index is 1.58. The van der Waals surface area contributed by atoms with Crippen LogP contribution in [-0.2, 0) is 27.9 Å². The molecule has 2 atom stereocenters. The quantitative estimate of drug-likeness (QED) is 0.221. The van der Waals surface area contributed by atoms with Crippen LogP contribution in [0.15, 0.2) is 24.4 Å². The van der Waals surface area contributed by atoms with Gasteiger partial charge < -0.3 is 28.3 Å². The van der Waals surface area contributed by atoms with Crippen molar-refractivity contribution in [1.29, 1.82) is 0 Å². The number of nitrogens with zero attached hydrogens (tertiary/aromatic N) is 4. The van der Waals surface area contributed by atoms with Gasteiger partial charge in [-0.2, -0.15) is 5.10 Å². The van der Waals surface area contributed by atoms with Gasteiger partial charge in [-0.3, -0.25) is 0 Å². The lowest BCUT2D eigenvalue weighted by Crippen LogP contribution is -2.43. The van der Waals surface area contributed by atoms with Gasteiger partial charge in [-0.1, -0.05) is 20.8 Å². The highest BCUT2D eigenvalue weighted by atomic mass is 28.4. The Bertz CT molecular complexity index is 1220. The van der Waals surface area contributed by atoms with E-state index < -0.39 is 8.32 Å². The van der Waals surface area contributed by atoms with Gasteiger partial charge in [0, 0.05) is 31.8 Å². The minimum atomic E-state index is -2.00. The summed E-state index contributed by atoms with van der Waals surface area (Å²) in [5.74, 6) is 1.69. The predicted octanol–water partition coefficient (Wildman–Crippen LogP) is 5.82. The number of rotatable bonds is 12. The summed E-state index contributed by atoms with van der Waals surface area (Å²) in [6, 6.07) is 6.29. The van der Waals surface area contributed by atoms with E-state index in [2.05, 4.69) is 52.1 Å². The van der Waals surface area contributed by atoms with Crippen LogP contribution in [0.3, 0.4) is 0 Å². The first kappa shape index (κ1) is 29.7. The molecule has 1 aliphatic heterocycles. The molecule has 3 aromatic rings. The zero-order valence-electron chi connectivity index (χ0n) is 24.7. The number of fused-ring (bicyclic) bond motifs is 1. The van der Waals surface area contributed by atoms with Crippen molar-refractivity contribution in [3.05, 3.63) is 30.2 Å². The zero-order valence-corrected chi connectivity index (χ0v) is 25.7. The van der Waals surface area contributed by atoms with E-state index in [4.69, 9.17) is 28.7 Å². The largest absolute Gasteiger partial charge is 0.543 e. The molecule has 4 rings (SSSR count). The van der Waals surface area contributed by atoms with Crippen molar-refractivity contribution in [2.45, 2.75) is 90.4 Å². The number of ether oxygens (including phenoxy) is 3. The summed E-state index contributed by atoms with van der Waals surface area (Å²) in [6.45, 7) is 15.6. The molecule has 0 bridgehead atoms. The molecular weight excluding hydrogens is 512 g/mol. The van der Waals surface area contributed by atoms with Crippen LogP contribution in [0, 0.1) is 0 Å². The lowest BCUT2D eigenvalue weighted by molar-refractivity contribution is -0.0365. The molecule has 10 heteroatoms. The molecule has 0 saturated carbocycles. The van der Waals surface area contributed by atoms with Crippen molar-refractivity contribution < 1.29 is 23.7 Å². The van der Waals surface area contributed by atoms with E-state index in [9.17, 15) is 5.11 Å². The third-order valence-electron chi connectivity index (χ3n) is 7.78. The van der Waals surface area contributed by atoms with Gasteiger partial charge in [-0.05, 0) is 68.9 Å². The fraction of sp³-hybridized carbons (Fsp3) is 0.655. The monoisotopic (exact) mass is 558 g/mol. The number of aromatic nitrogens is 4. The van der Waals surface area contributed by atoms with Crippen LogP contribution in [0.5, 0.6) is 5.75 Å². The molecule has 0 radical (unpaired) electrons. The molecular formula is C29H46N4O5Si. The minimum absolute atomic E-state index is 0.0810. The maximum atomic E-state index is 9.33. The normalized spacial score (nSPS) is 17.6. The first-order valence-electron chi connectivity index (χ1n) is 14.2. The molecule has 3 heterocycles. The molecule has 2 aromatic heterocycles. The molecule has 0 spiro atoms. The smallest absolute Gasteiger partial charge is 0.250 e. The summed E-state index contributed by atoms with van der Waals surface area (Å²) < 4.78 is 28.1. The Morgan fingerprint density at radius 2 is 1.92 bits per heavy atom. The molecule has 9 nitrogen and oxygen atoms in total. The average molecular weight is 559 g/mol. The lowest BCUT2D eigenvalue weighted by Gasteiger charge is -2.36. The van der Waals surface area contributed by atoms with Gasteiger partial charge in [-0.15, -0.1) is 0 Å². The van der Waals surface area contributed by atoms with E-state index in [-0.39, 0.29) is 17.4 Å². The zero-order chi connectivity index (χ0) is 28.2. The van der Waals surface area contributed by atoms with Gasteiger partial charge in [0.05, 0.1) is 24.8 Å². The van der Waals surface area contributed by atoms with Gasteiger partial charge in [0.1, 0.15) is 29.6 Å². The SMILES string of the molecule is CC(O)CCOCCOCc1nc(-c2nn(C3CCCCO3)c3ccc(O[Si](C)(C)C(C)(C)C)cc23)cn1C. The van der Waals surface area contributed by atoms with E-state index in [1.807, 2.05) is 22.5 Å². The van der Waals surface area contributed by atoms with Gasteiger partial charge in [-0.25, -0.2) is 9.67 Å². The molecule has 1 N–H and O–H groups in total. The van der Waals surface area contributed by atoms with Gasteiger partial charge in [0.25, 0.3) is 0 Å². The molecule has 216 valence electrons. The summed E-state index contributed by atoms with van der Waals surface area (Å²) in [7, 11) is -0.0279. The number of benzene rings is 1. The van der Waals surface area contributed by atoms with Crippen LogP contribution in [0.25, 0.3) is 22.3 Å². The second-order valence-corrected chi connectivity index (χ2v) is 16.8. The van der Waals surface area contributed by atoms with Crippen molar-refractivity contribution in [2.24, 2.45) is 7.05 Å². The first-order valence-corrected chi connectivity index (χ1v) is 17.1. The standard InChI is InChI=1S/C29H46N4O5Si/c1-21(34)13-15-35-16-17-36-20-26-30-24(19-32(26)5)28-23-18-22(38-39(6,7)29(2,3)4)11-12-25(23)33(31-28)27-10-8-9-14-37-27/h11-12,18-19,21,27,34H,8-10,13-17,20H2,1-7H3. The summed E-state index contributed by atoms with van der Waals surface area (Å²) in [4.78, 5) is 4.90. The molecule has 1 saturated heterocycles. The van der Waals surface area contributed by atoms with Crippen LogP contribution in [-0.4, -0.2) is 65.3 Å². The Morgan fingerprint density at radius 1 is 1.15 bits per heavy atom. The van der Waals surface area contributed by atoms with Crippen LogP contribution in [0.2, 0.25) is 18.1 Å². The Labute approximate surface area is 233 Å². The van der Waals surface area contributed by atoms with Crippen LogP contribution >= 0.6 is 0 Å². The summed E-state index contributed by atoms with van der Waals surface area (Å²) in [6.07, 6.45) is 5.35. The van der Waals surface area contributed by atoms with Crippen LogP contribution in [0.1, 0.15) is 65.4 Å². The van der Waals surface area contributed by atoms with Gasteiger partial charge >= 0.3 is 0 Å².